The molecule has 0 aliphatic carbocycles. The molecule has 1 amide bonds. The molecule has 0 heterocycles. The van der Waals surface area contributed by atoms with Gasteiger partial charge >= 0.3 is 6.09 Å². The number of carbonyl (C=O) groups is 1. The first-order valence-electron chi connectivity index (χ1n) is 5.86. The van der Waals surface area contributed by atoms with Gasteiger partial charge in [0.15, 0.2) is 5.84 Å². The summed E-state index contributed by atoms with van der Waals surface area (Å²) in [7, 11) is 1.50. The summed E-state index contributed by atoms with van der Waals surface area (Å²) in [4.78, 5) is 10.4. The molecule has 1 aromatic carbocycles. The summed E-state index contributed by atoms with van der Waals surface area (Å²) in [6.07, 6.45) is -0.795. The average molecular weight is 282 g/mol. The van der Waals surface area contributed by atoms with Gasteiger partial charge in [-0.25, -0.2) is 4.79 Å². The number of hydrogen-bond acceptors (Lipinski definition) is 6. The van der Waals surface area contributed by atoms with Crippen LogP contribution in [0.1, 0.15) is 11.1 Å². The largest absolute Gasteiger partial charge is 0.496 e. The summed E-state index contributed by atoms with van der Waals surface area (Å²) in [6, 6.07) is 5.29. The van der Waals surface area contributed by atoms with E-state index in [0.29, 0.717) is 24.4 Å². The fourth-order valence-corrected chi connectivity index (χ4v) is 1.57. The molecule has 1 aromatic rings. The summed E-state index contributed by atoms with van der Waals surface area (Å²) in [5.74, 6) is 0.490. The van der Waals surface area contributed by atoms with Crippen LogP contribution in [-0.2, 0) is 11.3 Å². The number of primary amides is 1. The minimum atomic E-state index is -0.795. The number of hydrogen-bond donors (Lipinski definition) is 4. The van der Waals surface area contributed by atoms with E-state index in [2.05, 4.69) is 15.2 Å². The highest BCUT2D eigenvalue weighted by atomic mass is 16.5. The first-order valence-corrected chi connectivity index (χ1v) is 5.86. The lowest BCUT2D eigenvalue weighted by Gasteiger charge is -2.10. The molecular formula is C12H18N4O4. The Morgan fingerprint density at radius 3 is 2.80 bits per heavy atom. The van der Waals surface area contributed by atoms with Gasteiger partial charge in [0.25, 0.3) is 0 Å². The van der Waals surface area contributed by atoms with Crippen LogP contribution >= 0.6 is 0 Å². The number of ether oxygens (including phenoxy) is 2. The minimum Gasteiger partial charge on any atom is -0.496 e. The maximum atomic E-state index is 10.4. The van der Waals surface area contributed by atoms with Crippen molar-refractivity contribution in [3.8, 4) is 5.75 Å². The Kier molecular flexibility index (Phi) is 6.11. The third kappa shape index (κ3) is 4.65. The van der Waals surface area contributed by atoms with Gasteiger partial charge in [-0.05, 0) is 17.7 Å². The maximum absolute atomic E-state index is 10.4. The lowest BCUT2D eigenvalue weighted by Crippen LogP contribution is -2.23. The highest BCUT2D eigenvalue weighted by Crippen LogP contribution is 2.19. The first-order chi connectivity index (χ1) is 9.58. The highest BCUT2D eigenvalue weighted by Gasteiger charge is 2.08. The van der Waals surface area contributed by atoms with Crippen molar-refractivity contribution in [2.45, 2.75) is 6.54 Å². The lowest BCUT2D eigenvalue weighted by molar-refractivity contribution is 0.157. The van der Waals surface area contributed by atoms with Gasteiger partial charge in [-0.1, -0.05) is 11.2 Å². The van der Waals surface area contributed by atoms with Crippen LogP contribution in [0.3, 0.4) is 0 Å². The Labute approximate surface area is 116 Å². The molecule has 0 saturated heterocycles. The van der Waals surface area contributed by atoms with Gasteiger partial charge in [-0.2, -0.15) is 0 Å². The van der Waals surface area contributed by atoms with Crippen molar-refractivity contribution in [2.24, 2.45) is 16.6 Å². The molecule has 0 atom stereocenters. The van der Waals surface area contributed by atoms with Crippen LogP contribution in [0.2, 0.25) is 0 Å². The zero-order chi connectivity index (χ0) is 15.0. The minimum absolute atomic E-state index is 0.0174. The normalized spacial score (nSPS) is 11.2. The van der Waals surface area contributed by atoms with Crippen molar-refractivity contribution in [3.05, 3.63) is 29.3 Å². The topological polar surface area (TPSA) is 132 Å². The second-order valence-electron chi connectivity index (χ2n) is 3.86. The van der Waals surface area contributed by atoms with Crippen molar-refractivity contribution in [1.82, 2.24) is 5.32 Å². The van der Waals surface area contributed by atoms with Gasteiger partial charge in [-0.3, -0.25) is 0 Å². The molecule has 8 heteroatoms. The van der Waals surface area contributed by atoms with Gasteiger partial charge in [-0.15, -0.1) is 0 Å². The molecule has 0 bridgehead atoms. The number of methoxy groups -OCH3 is 1. The molecule has 8 nitrogen and oxygen atoms in total. The summed E-state index contributed by atoms with van der Waals surface area (Å²) >= 11 is 0. The average Bonchev–Trinajstić information content (AvgIpc) is 2.45. The van der Waals surface area contributed by atoms with Crippen LogP contribution in [0, 0.1) is 0 Å². The summed E-state index contributed by atoms with van der Waals surface area (Å²) in [5, 5.41) is 14.7. The summed E-state index contributed by atoms with van der Waals surface area (Å²) in [6.45, 7) is 1.23. The molecule has 0 saturated carbocycles. The molecule has 0 aromatic heterocycles. The van der Waals surface area contributed by atoms with Crippen molar-refractivity contribution >= 4 is 11.9 Å². The fourth-order valence-electron chi connectivity index (χ4n) is 1.57. The number of carbonyl (C=O) groups excluding carboxylic acids is 1. The van der Waals surface area contributed by atoms with Crippen molar-refractivity contribution < 1.29 is 19.5 Å². The Hall–Kier alpha value is -2.48. The number of oxime groups is 1. The van der Waals surface area contributed by atoms with Crippen LogP contribution in [0.4, 0.5) is 4.79 Å². The zero-order valence-electron chi connectivity index (χ0n) is 11.1. The standard InChI is InChI=1S/C12H18N4O4/c1-19-10-6-8(2-3-9(10)11(13)16-18)7-15-4-5-20-12(14)17/h2-3,6,15,18H,4-5,7H2,1H3,(H2,13,16)(H2,14,17). The quantitative estimate of drug-likeness (QED) is 0.182. The van der Waals surface area contributed by atoms with E-state index in [9.17, 15) is 4.79 Å². The third-order valence-corrected chi connectivity index (χ3v) is 2.50. The number of nitrogens with one attached hydrogen (secondary N) is 1. The van der Waals surface area contributed by atoms with Gasteiger partial charge in [0, 0.05) is 13.1 Å². The molecule has 0 aliphatic rings. The molecule has 110 valence electrons. The SMILES string of the molecule is COc1cc(CNCCOC(N)=O)ccc1/C(N)=N/O. The van der Waals surface area contributed by atoms with E-state index in [-0.39, 0.29) is 12.4 Å². The Morgan fingerprint density at radius 2 is 2.20 bits per heavy atom. The molecule has 0 fully saturated rings. The zero-order valence-corrected chi connectivity index (χ0v) is 11.1. The number of rotatable bonds is 7. The number of amides is 1. The number of amidine groups is 1. The van der Waals surface area contributed by atoms with E-state index >= 15 is 0 Å². The predicted octanol–water partition coefficient (Wildman–Crippen LogP) is -0.0254. The molecule has 1 rings (SSSR count). The molecule has 0 radical (unpaired) electrons. The Balaban J connectivity index is 2.58. The number of nitrogens with zero attached hydrogens (tertiary/aromatic N) is 1. The fraction of sp³-hybridized carbons (Fsp3) is 0.333. The van der Waals surface area contributed by atoms with E-state index in [0.717, 1.165) is 5.56 Å². The van der Waals surface area contributed by atoms with E-state index in [1.165, 1.54) is 7.11 Å². The Bertz CT molecular complexity index is 490. The van der Waals surface area contributed by atoms with Gasteiger partial charge < -0.3 is 31.5 Å². The molecule has 6 N–H and O–H groups in total. The molecule has 0 unspecified atom stereocenters. The van der Waals surface area contributed by atoms with Crippen molar-refractivity contribution in [3.63, 3.8) is 0 Å². The summed E-state index contributed by atoms with van der Waals surface area (Å²) in [5.41, 5.74) is 11.8. The van der Waals surface area contributed by atoms with Crippen molar-refractivity contribution in [1.29, 1.82) is 0 Å². The monoisotopic (exact) mass is 282 g/mol. The molecule has 0 aliphatic heterocycles. The van der Waals surface area contributed by atoms with E-state index in [1.54, 1.807) is 12.1 Å². The molecule has 0 spiro atoms. The van der Waals surface area contributed by atoms with Crippen LogP contribution in [0.25, 0.3) is 0 Å². The summed E-state index contributed by atoms with van der Waals surface area (Å²) < 4.78 is 9.76. The second-order valence-corrected chi connectivity index (χ2v) is 3.86. The smallest absolute Gasteiger partial charge is 0.404 e. The van der Waals surface area contributed by atoms with Crippen LogP contribution < -0.4 is 21.5 Å². The van der Waals surface area contributed by atoms with Crippen molar-refractivity contribution in [2.75, 3.05) is 20.3 Å². The van der Waals surface area contributed by atoms with Gasteiger partial charge in [0.2, 0.25) is 0 Å². The highest BCUT2D eigenvalue weighted by molar-refractivity contribution is 5.99. The van der Waals surface area contributed by atoms with E-state index < -0.39 is 6.09 Å². The van der Waals surface area contributed by atoms with E-state index in [1.807, 2.05) is 6.07 Å². The number of nitrogens with two attached hydrogens (primary N) is 2. The van der Waals surface area contributed by atoms with Crippen LogP contribution in [0.5, 0.6) is 5.75 Å². The second kappa shape index (κ2) is 7.85. The van der Waals surface area contributed by atoms with Crippen LogP contribution in [-0.4, -0.2) is 37.4 Å². The maximum Gasteiger partial charge on any atom is 0.404 e. The molecular weight excluding hydrogens is 264 g/mol. The number of benzene rings is 1. The molecule has 20 heavy (non-hydrogen) atoms. The lowest BCUT2D eigenvalue weighted by atomic mass is 10.1. The van der Waals surface area contributed by atoms with Gasteiger partial charge in [0.1, 0.15) is 12.4 Å². The van der Waals surface area contributed by atoms with Gasteiger partial charge in [0.05, 0.1) is 12.7 Å². The van der Waals surface area contributed by atoms with E-state index in [4.69, 9.17) is 21.4 Å². The third-order valence-electron chi connectivity index (χ3n) is 2.50. The Morgan fingerprint density at radius 1 is 1.45 bits per heavy atom. The van der Waals surface area contributed by atoms with Crippen LogP contribution in [0.15, 0.2) is 23.4 Å². The predicted molar refractivity (Wildman–Crippen MR) is 72.7 cm³/mol. The first kappa shape index (κ1) is 15.6.